The van der Waals surface area contributed by atoms with Crippen molar-refractivity contribution in [3.63, 3.8) is 0 Å². The molecular weight excluding hydrogens is 188 g/mol. The Morgan fingerprint density at radius 2 is 2.20 bits per heavy atom. The Kier molecular flexibility index (Phi) is 2.64. The predicted molar refractivity (Wildman–Crippen MR) is 61.9 cm³/mol. The molecule has 0 atom stereocenters. The summed E-state index contributed by atoms with van der Waals surface area (Å²) in [5, 5.41) is 14.1. The van der Waals surface area contributed by atoms with Gasteiger partial charge in [-0.15, -0.1) is 0 Å². The molecule has 0 amide bonds. The predicted octanol–water partition coefficient (Wildman–Crippen LogP) is 2.37. The van der Waals surface area contributed by atoms with Crippen LogP contribution in [0.3, 0.4) is 0 Å². The molecule has 0 saturated heterocycles. The molecule has 3 heteroatoms. The van der Waals surface area contributed by atoms with E-state index in [0.29, 0.717) is 11.8 Å². The van der Waals surface area contributed by atoms with Crippen LogP contribution in [0.5, 0.6) is 5.75 Å². The zero-order valence-corrected chi connectivity index (χ0v) is 9.04. The molecule has 2 aromatic rings. The summed E-state index contributed by atoms with van der Waals surface area (Å²) in [6.45, 7) is 5.06. The Balaban J connectivity index is 2.33. The smallest absolute Gasteiger partial charge is 0.139 e. The summed E-state index contributed by atoms with van der Waals surface area (Å²) in [7, 11) is 0. The Morgan fingerprint density at radius 1 is 1.40 bits per heavy atom. The largest absolute Gasteiger partial charge is 0.506 e. The first kappa shape index (κ1) is 10.1. The van der Waals surface area contributed by atoms with Gasteiger partial charge < -0.3 is 15.4 Å². The van der Waals surface area contributed by atoms with Crippen LogP contribution in [-0.2, 0) is 6.54 Å². The average Bonchev–Trinajstić information content (AvgIpc) is 2.59. The summed E-state index contributed by atoms with van der Waals surface area (Å²) in [5.41, 5.74) is 2.01. The molecule has 1 heterocycles. The number of hydrogen-bond donors (Lipinski definition) is 3. The molecule has 0 aliphatic rings. The minimum Gasteiger partial charge on any atom is -0.506 e. The second kappa shape index (κ2) is 3.95. The molecule has 0 unspecified atom stereocenters. The highest BCUT2D eigenvalue weighted by molar-refractivity contribution is 5.87. The number of fused-ring (bicyclic) bond motifs is 1. The van der Waals surface area contributed by atoms with Crippen LogP contribution in [0.25, 0.3) is 10.9 Å². The summed E-state index contributed by atoms with van der Waals surface area (Å²) < 4.78 is 0. The fourth-order valence-electron chi connectivity index (χ4n) is 1.66. The number of H-pyrrole nitrogens is 1. The van der Waals surface area contributed by atoms with Crippen LogP contribution in [-0.4, -0.2) is 16.1 Å². The van der Waals surface area contributed by atoms with Gasteiger partial charge in [-0.1, -0.05) is 26.0 Å². The minimum atomic E-state index is 0.309. The number of hydrogen-bond acceptors (Lipinski definition) is 2. The van der Waals surface area contributed by atoms with Gasteiger partial charge in [-0.05, 0) is 11.6 Å². The highest BCUT2D eigenvalue weighted by Crippen LogP contribution is 2.25. The van der Waals surface area contributed by atoms with Gasteiger partial charge in [0, 0.05) is 24.2 Å². The first-order chi connectivity index (χ1) is 7.18. The summed E-state index contributed by atoms with van der Waals surface area (Å²) in [6, 6.07) is 6.04. The van der Waals surface area contributed by atoms with Crippen molar-refractivity contribution in [2.24, 2.45) is 0 Å². The second-order valence-electron chi connectivity index (χ2n) is 4.05. The van der Waals surface area contributed by atoms with Gasteiger partial charge in [0.1, 0.15) is 5.75 Å². The molecule has 0 fully saturated rings. The zero-order valence-electron chi connectivity index (χ0n) is 9.04. The molecule has 15 heavy (non-hydrogen) atoms. The lowest BCUT2D eigenvalue weighted by molar-refractivity contribution is 0.480. The van der Waals surface area contributed by atoms with E-state index in [-0.39, 0.29) is 0 Å². The van der Waals surface area contributed by atoms with Gasteiger partial charge in [0.05, 0.1) is 5.52 Å². The number of nitrogens with one attached hydrogen (secondary N) is 2. The van der Waals surface area contributed by atoms with Crippen molar-refractivity contribution in [3.05, 3.63) is 30.0 Å². The van der Waals surface area contributed by atoms with Crippen LogP contribution < -0.4 is 5.32 Å². The fraction of sp³-hybridized carbons (Fsp3) is 0.333. The number of para-hydroxylation sites is 1. The number of aromatic hydroxyl groups is 1. The standard InChI is InChI=1S/C12H16N2O/c1-8(2)13-6-9-7-14-12-10(9)4-3-5-11(12)15/h3-5,7-8,13-15H,6H2,1-2H3. The molecule has 0 bridgehead atoms. The van der Waals surface area contributed by atoms with Gasteiger partial charge in [-0.2, -0.15) is 0 Å². The lowest BCUT2D eigenvalue weighted by Gasteiger charge is -2.06. The van der Waals surface area contributed by atoms with E-state index in [4.69, 9.17) is 0 Å². The van der Waals surface area contributed by atoms with Crippen LogP contribution >= 0.6 is 0 Å². The van der Waals surface area contributed by atoms with Gasteiger partial charge in [0.2, 0.25) is 0 Å². The molecular formula is C12H16N2O. The van der Waals surface area contributed by atoms with E-state index in [9.17, 15) is 5.11 Å². The number of aromatic nitrogens is 1. The van der Waals surface area contributed by atoms with E-state index in [1.807, 2.05) is 18.3 Å². The van der Waals surface area contributed by atoms with Crippen molar-refractivity contribution in [2.45, 2.75) is 26.4 Å². The van der Waals surface area contributed by atoms with Gasteiger partial charge >= 0.3 is 0 Å². The maximum atomic E-state index is 9.61. The van der Waals surface area contributed by atoms with Crippen LogP contribution in [0.4, 0.5) is 0 Å². The Hall–Kier alpha value is -1.48. The molecule has 2 rings (SSSR count). The SMILES string of the molecule is CC(C)NCc1c[nH]c2c(O)cccc12. The molecule has 0 spiro atoms. The Morgan fingerprint density at radius 3 is 2.93 bits per heavy atom. The number of benzene rings is 1. The van der Waals surface area contributed by atoms with Crippen molar-refractivity contribution in [1.82, 2.24) is 10.3 Å². The van der Waals surface area contributed by atoms with E-state index in [2.05, 4.69) is 24.1 Å². The van der Waals surface area contributed by atoms with E-state index in [1.165, 1.54) is 5.56 Å². The monoisotopic (exact) mass is 204 g/mol. The third-order valence-electron chi connectivity index (χ3n) is 2.48. The topological polar surface area (TPSA) is 48.0 Å². The van der Waals surface area contributed by atoms with Crippen molar-refractivity contribution in [1.29, 1.82) is 0 Å². The number of phenols is 1. The van der Waals surface area contributed by atoms with Crippen LogP contribution in [0.1, 0.15) is 19.4 Å². The minimum absolute atomic E-state index is 0.309. The third-order valence-corrected chi connectivity index (χ3v) is 2.48. The van der Waals surface area contributed by atoms with Gasteiger partial charge in [-0.25, -0.2) is 0 Å². The highest BCUT2D eigenvalue weighted by Gasteiger charge is 2.06. The van der Waals surface area contributed by atoms with E-state index < -0.39 is 0 Å². The van der Waals surface area contributed by atoms with Gasteiger partial charge in [-0.3, -0.25) is 0 Å². The summed E-state index contributed by atoms with van der Waals surface area (Å²) >= 11 is 0. The van der Waals surface area contributed by atoms with Crippen molar-refractivity contribution in [3.8, 4) is 5.75 Å². The van der Waals surface area contributed by atoms with Gasteiger partial charge in [0.15, 0.2) is 0 Å². The molecule has 1 aromatic carbocycles. The average molecular weight is 204 g/mol. The number of aromatic amines is 1. The fourth-order valence-corrected chi connectivity index (χ4v) is 1.66. The summed E-state index contributed by atoms with van der Waals surface area (Å²) in [6.07, 6.45) is 1.94. The quantitative estimate of drug-likeness (QED) is 0.718. The van der Waals surface area contributed by atoms with Crippen molar-refractivity contribution >= 4 is 10.9 Å². The maximum absolute atomic E-state index is 9.61. The van der Waals surface area contributed by atoms with Crippen LogP contribution in [0.2, 0.25) is 0 Å². The molecule has 3 nitrogen and oxygen atoms in total. The van der Waals surface area contributed by atoms with Crippen LogP contribution in [0.15, 0.2) is 24.4 Å². The van der Waals surface area contributed by atoms with Gasteiger partial charge in [0.25, 0.3) is 0 Å². The lowest BCUT2D eigenvalue weighted by atomic mass is 10.1. The second-order valence-corrected chi connectivity index (χ2v) is 4.05. The number of rotatable bonds is 3. The zero-order chi connectivity index (χ0) is 10.8. The first-order valence-electron chi connectivity index (χ1n) is 5.20. The van der Waals surface area contributed by atoms with Crippen molar-refractivity contribution < 1.29 is 5.11 Å². The highest BCUT2D eigenvalue weighted by atomic mass is 16.3. The molecule has 0 radical (unpaired) electrons. The molecule has 3 N–H and O–H groups in total. The summed E-state index contributed by atoms with van der Waals surface area (Å²) in [5.74, 6) is 0.309. The van der Waals surface area contributed by atoms with E-state index in [1.54, 1.807) is 6.07 Å². The van der Waals surface area contributed by atoms with Crippen molar-refractivity contribution in [2.75, 3.05) is 0 Å². The molecule has 0 aliphatic carbocycles. The number of phenolic OH excluding ortho intramolecular Hbond substituents is 1. The molecule has 0 saturated carbocycles. The Bertz CT molecular complexity index is 460. The van der Waals surface area contributed by atoms with E-state index in [0.717, 1.165) is 17.4 Å². The van der Waals surface area contributed by atoms with Crippen LogP contribution in [0, 0.1) is 0 Å². The molecule has 0 aliphatic heterocycles. The normalized spacial score (nSPS) is 11.4. The lowest BCUT2D eigenvalue weighted by Crippen LogP contribution is -2.21. The maximum Gasteiger partial charge on any atom is 0.139 e. The van der Waals surface area contributed by atoms with E-state index >= 15 is 0 Å². The molecule has 80 valence electrons. The Labute approximate surface area is 89.1 Å². The summed E-state index contributed by atoms with van der Waals surface area (Å²) in [4.78, 5) is 3.09. The first-order valence-corrected chi connectivity index (χ1v) is 5.20. The molecule has 1 aromatic heterocycles. The third kappa shape index (κ3) is 1.97.